The third kappa shape index (κ3) is 2.39. The maximum atomic E-state index is 13.1. The highest BCUT2D eigenvalue weighted by Crippen LogP contribution is 2.41. The number of fused-ring (bicyclic) bond motifs is 1. The van der Waals surface area contributed by atoms with Crippen LogP contribution in [0.1, 0.15) is 38.9 Å². The summed E-state index contributed by atoms with van der Waals surface area (Å²) < 4.78 is 20.4. The van der Waals surface area contributed by atoms with Gasteiger partial charge in [-0.15, -0.1) is 5.10 Å². The quantitative estimate of drug-likeness (QED) is 0.701. The van der Waals surface area contributed by atoms with Crippen LogP contribution in [-0.2, 0) is 4.74 Å². The van der Waals surface area contributed by atoms with Gasteiger partial charge in [-0.25, -0.2) is 9.07 Å². The molecule has 0 saturated carbocycles. The fourth-order valence-corrected chi connectivity index (χ4v) is 3.39. The minimum Gasteiger partial charge on any atom is -0.479 e. The number of carbonyl (C=O) groups excluding carboxylic acids is 2. The van der Waals surface area contributed by atoms with Crippen molar-refractivity contribution in [3.05, 3.63) is 88.7 Å². The Kier molecular flexibility index (Phi) is 3.30. The SMILES string of the molecule is O=C1C2=C(OC(c3cn(-c4ccc(F)cc4)nn3)C2)C(=O)c2ccccc21. The van der Waals surface area contributed by atoms with E-state index in [-0.39, 0.29) is 29.6 Å². The fraction of sp³-hybridized carbons (Fsp3) is 0.100. The highest BCUT2D eigenvalue weighted by molar-refractivity contribution is 6.26. The molecule has 0 amide bonds. The van der Waals surface area contributed by atoms with Crippen LogP contribution < -0.4 is 0 Å². The number of hydrogen-bond acceptors (Lipinski definition) is 5. The molecule has 7 heteroatoms. The van der Waals surface area contributed by atoms with E-state index < -0.39 is 6.10 Å². The lowest BCUT2D eigenvalue weighted by molar-refractivity contribution is 0.0834. The zero-order chi connectivity index (χ0) is 18.5. The van der Waals surface area contributed by atoms with Crippen molar-refractivity contribution >= 4 is 11.6 Å². The van der Waals surface area contributed by atoms with E-state index in [9.17, 15) is 14.0 Å². The molecule has 1 aliphatic heterocycles. The smallest absolute Gasteiger partial charge is 0.228 e. The van der Waals surface area contributed by atoms with Crippen molar-refractivity contribution < 1.29 is 18.7 Å². The molecule has 1 aliphatic carbocycles. The number of ether oxygens (including phenoxy) is 1. The summed E-state index contributed by atoms with van der Waals surface area (Å²) in [6.07, 6.45) is 1.35. The average molecular weight is 361 g/mol. The number of allylic oxidation sites excluding steroid dienone is 1. The molecular weight excluding hydrogens is 349 g/mol. The predicted octanol–water partition coefficient (Wildman–Crippen LogP) is 3.20. The first-order valence-electron chi connectivity index (χ1n) is 8.38. The zero-order valence-electron chi connectivity index (χ0n) is 13.9. The molecule has 0 saturated heterocycles. The number of rotatable bonds is 2. The van der Waals surface area contributed by atoms with Gasteiger partial charge in [-0.1, -0.05) is 29.5 Å². The van der Waals surface area contributed by atoms with E-state index in [0.29, 0.717) is 28.1 Å². The molecule has 6 nitrogen and oxygen atoms in total. The number of nitrogens with zero attached hydrogens (tertiary/aromatic N) is 3. The molecule has 1 atom stereocenters. The van der Waals surface area contributed by atoms with E-state index in [0.717, 1.165) is 0 Å². The Morgan fingerprint density at radius 1 is 1.00 bits per heavy atom. The first kappa shape index (κ1) is 15.6. The summed E-state index contributed by atoms with van der Waals surface area (Å²) in [6.45, 7) is 0. The molecule has 0 bridgehead atoms. The third-order valence-corrected chi connectivity index (χ3v) is 4.75. The third-order valence-electron chi connectivity index (χ3n) is 4.75. The fourth-order valence-electron chi connectivity index (χ4n) is 3.39. The van der Waals surface area contributed by atoms with Crippen molar-refractivity contribution in [2.24, 2.45) is 0 Å². The van der Waals surface area contributed by atoms with Gasteiger partial charge >= 0.3 is 0 Å². The van der Waals surface area contributed by atoms with Crippen LogP contribution in [0.4, 0.5) is 4.39 Å². The molecule has 1 aromatic heterocycles. The van der Waals surface area contributed by atoms with E-state index in [1.807, 2.05) is 0 Å². The lowest BCUT2D eigenvalue weighted by atomic mass is 9.87. The largest absolute Gasteiger partial charge is 0.479 e. The van der Waals surface area contributed by atoms with Crippen LogP contribution in [0.2, 0.25) is 0 Å². The molecular formula is C20H12FN3O3. The van der Waals surface area contributed by atoms with Crippen LogP contribution >= 0.6 is 0 Å². The van der Waals surface area contributed by atoms with Gasteiger partial charge in [0.25, 0.3) is 0 Å². The Balaban J connectivity index is 1.44. The maximum absolute atomic E-state index is 13.1. The van der Waals surface area contributed by atoms with Crippen LogP contribution in [0.3, 0.4) is 0 Å². The van der Waals surface area contributed by atoms with Crippen molar-refractivity contribution in [1.82, 2.24) is 15.0 Å². The summed E-state index contributed by atoms with van der Waals surface area (Å²) in [4.78, 5) is 25.4. The second-order valence-corrected chi connectivity index (χ2v) is 6.39. The number of benzene rings is 2. The average Bonchev–Trinajstić information content (AvgIpc) is 3.34. The molecule has 1 unspecified atom stereocenters. The second kappa shape index (κ2) is 5.70. The normalized spacial score (nSPS) is 18.3. The molecule has 3 aromatic rings. The van der Waals surface area contributed by atoms with Gasteiger partial charge in [0.15, 0.2) is 11.5 Å². The summed E-state index contributed by atoms with van der Waals surface area (Å²) in [6, 6.07) is 12.5. The number of carbonyl (C=O) groups is 2. The maximum Gasteiger partial charge on any atom is 0.228 e. The van der Waals surface area contributed by atoms with Crippen LogP contribution in [0.15, 0.2) is 66.1 Å². The molecule has 2 aliphatic rings. The number of Topliss-reactive ketones (excluding diaryl/α,β-unsaturated/α-hetero) is 2. The Morgan fingerprint density at radius 2 is 1.70 bits per heavy atom. The lowest BCUT2D eigenvalue weighted by Gasteiger charge is -2.14. The van der Waals surface area contributed by atoms with Gasteiger partial charge in [-0.05, 0) is 24.3 Å². The molecule has 0 N–H and O–H groups in total. The van der Waals surface area contributed by atoms with Gasteiger partial charge in [0.1, 0.15) is 17.6 Å². The number of ketones is 2. The van der Waals surface area contributed by atoms with E-state index in [1.165, 1.54) is 16.8 Å². The number of hydrogen-bond donors (Lipinski definition) is 0. The summed E-state index contributed by atoms with van der Waals surface area (Å²) >= 11 is 0. The highest BCUT2D eigenvalue weighted by Gasteiger charge is 2.41. The first-order chi connectivity index (χ1) is 13.1. The van der Waals surface area contributed by atoms with E-state index in [2.05, 4.69) is 10.3 Å². The molecule has 5 rings (SSSR count). The Morgan fingerprint density at radius 3 is 2.44 bits per heavy atom. The van der Waals surface area contributed by atoms with Crippen molar-refractivity contribution in [1.29, 1.82) is 0 Å². The summed E-state index contributed by atoms with van der Waals surface area (Å²) in [7, 11) is 0. The van der Waals surface area contributed by atoms with Crippen molar-refractivity contribution in [3.8, 4) is 5.69 Å². The lowest BCUT2D eigenvalue weighted by Crippen LogP contribution is -2.19. The van der Waals surface area contributed by atoms with Gasteiger partial charge in [0, 0.05) is 17.5 Å². The standard InChI is InChI=1S/C20H12FN3O3/c21-11-5-7-12(8-6-11)24-10-16(22-23-24)17-9-15-18(25)13-3-1-2-4-14(13)19(26)20(15)27-17/h1-8,10,17H,9H2. The second-order valence-electron chi connectivity index (χ2n) is 6.39. The molecule has 132 valence electrons. The van der Waals surface area contributed by atoms with E-state index in [4.69, 9.17) is 4.74 Å². The van der Waals surface area contributed by atoms with Crippen molar-refractivity contribution in [2.45, 2.75) is 12.5 Å². The van der Waals surface area contributed by atoms with Gasteiger partial charge in [-0.3, -0.25) is 9.59 Å². The van der Waals surface area contributed by atoms with Crippen molar-refractivity contribution in [2.75, 3.05) is 0 Å². The zero-order valence-corrected chi connectivity index (χ0v) is 13.9. The summed E-state index contributed by atoms with van der Waals surface area (Å²) in [5.74, 6) is -0.714. The Bertz CT molecular complexity index is 1080. The summed E-state index contributed by atoms with van der Waals surface area (Å²) in [5, 5.41) is 8.13. The van der Waals surface area contributed by atoms with Crippen molar-refractivity contribution in [3.63, 3.8) is 0 Å². The minimum atomic E-state index is -0.564. The molecule has 0 fully saturated rings. The van der Waals surface area contributed by atoms with Gasteiger partial charge in [0.2, 0.25) is 5.78 Å². The molecule has 27 heavy (non-hydrogen) atoms. The topological polar surface area (TPSA) is 74.1 Å². The van der Waals surface area contributed by atoms with Crippen LogP contribution in [0, 0.1) is 5.82 Å². The van der Waals surface area contributed by atoms with E-state index >= 15 is 0 Å². The monoisotopic (exact) mass is 361 g/mol. The van der Waals surface area contributed by atoms with Crippen LogP contribution in [-0.4, -0.2) is 26.6 Å². The van der Waals surface area contributed by atoms with Crippen LogP contribution in [0.25, 0.3) is 5.69 Å². The van der Waals surface area contributed by atoms with Gasteiger partial charge < -0.3 is 4.74 Å². The Labute approximate surface area is 152 Å². The summed E-state index contributed by atoms with van der Waals surface area (Å²) in [5.41, 5.74) is 2.28. The van der Waals surface area contributed by atoms with Crippen LogP contribution in [0.5, 0.6) is 0 Å². The predicted molar refractivity (Wildman–Crippen MR) is 91.9 cm³/mol. The highest BCUT2D eigenvalue weighted by atomic mass is 19.1. The number of halogens is 1. The molecule has 2 heterocycles. The molecule has 0 spiro atoms. The van der Waals surface area contributed by atoms with Gasteiger partial charge in [0.05, 0.1) is 17.5 Å². The molecule has 0 radical (unpaired) electrons. The molecule has 2 aromatic carbocycles. The minimum absolute atomic E-state index is 0.0973. The first-order valence-corrected chi connectivity index (χ1v) is 8.38. The Hall–Kier alpha value is -3.61. The van der Waals surface area contributed by atoms with Gasteiger partial charge in [-0.2, -0.15) is 0 Å². The van der Waals surface area contributed by atoms with E-state index in [1.54, 1.807) is 42.6 Å². The number of aromatic nitrogens is 3.